The minimum Gasteiger partial charge on any atom is -0.360 e. The van der Waals surface area contributed by atoms with Crippen LogP contribution in [-0.2, 0) is 4.74 Å². The van der Waals surface area contributed by atoms with Crippen LogP contribution in [-0.4, -0.2) is 25.6 Å². The summed E-state index contributed by atoms with van der Waals surface area (Å²) in [5.41, 5.74) is 3.59. The van der Waals surface area contributed by atoms with Crippen molar-refractivity contribution >= 4 is 13.9 Å². The number of benzene rings is 1. The standard InChI is InChI=1S/C20H30O2Si/c1-8-12-17(15-23(5,6)7)19(22-20(2,3)4)18(21)16-13-10-9-11-14-16/h8-11,13-15,19H,1,12H2,2-7H3/b17-15+. The molecule has 0 fully saturated rings. The Morgan fingerprint density at radius 1 is 1.22 bits per heavy atom. The lowest BCUT2D eigenvalue weighted by molar-refractivity contribution is -0.0319. The Hall–Kier alpha value is -1.45. The van der Waals surface area contributed by atoms with Crippen LogP contribution in [0.1, 0.15) is 37.6 Å². The van der Waals surface area contributed by atoms with E-state index in [1.165, 1.54) is 0 Å². The molecule has 0 aliphatic carbocycles. The number of rotatable bonds is 7. The van der Waals surface area contributed by atoms with Gasteiger partial charge in [0.25, 0.3) is 0 Å². The van der Waals surface area contributed by atoms with E-state index in [2.05, 4.69) is 31.9 Å². The van der Waals surface area contributed by atoms with Crippen LogP contribution in [0.3, 0.4) is 0 Å². The molecule has 0 aromatic heterocycles. The zero-order chi connectivity index (χ0) is 17.7. The lowest BCUT2D eigenvalue weighted by Crippen LogP contribution is -2.36. The topological polar surface area (TPSA) is 26.3 Å². The molecule has 1 aromatic rings. The maximum atomic E-state index is 13.0. The summed E-state index contributed by atoms with van der Waals surface area (Å²) >= 11 is 0. The Morgan fingerprint density at radius 3 is 2.22 bits per heavy atom. The molecule has 0 N–H and O–H groups in total. The first kappa shape index (κ1) is 19.6. The highest BCUT2D eigenvalue weighted by atomic mass is 28.3. The molecular weight excluding hydrogens is 300 g/mol. The number of ether oxygens (including phenoxy) is 1. The Morgan fingerprint density at radius 2 is 1.78 bits per heavy atom. The third-order valence-corrected chi connectivity index (χ3v) is 4.34. The molecular formula is C20H30O2Si. The normalized spacial score (nSPS) is 14.4. The van der Waals surface area contributed by atoms with Gasteiger partial charge >= 0.3 is 0 Å². The van der Waals surface area contributed by atoms with Crippen molar-refractivity contribution < 1.29 is 9.53 Å². The van der Waals surface area contributed by atoms with Crippen molar-refractivity contribution in [2.75, 3.05) is 0 Å². The van der Waals surface area contributed by atoms with Gasteiger partial charge in [-0.1, -0.05) is 61.7 Å². The van der Waals surface area contributed by atoms with E-state index in [9.17, 15) is 4.79 Å². The van der Waals surface area contributed by atoms with Gasteiger partial charge in [0.2, 0.25) is 0 Å². The maximum Gasteiger partial charge on any atom is 0.195 e. The second-order valence-corrected chi connectivity index (χ2v) is 12.9. The molecule has 0 spiro atoms. The highest BCUT2D eigenvalue weighted by molar-refractivity contribution is 6.81. The summed E-state index contributed by atoms with van der Waals surface area (Å²) in [7, 11) is -1.48. The van der Waals surface area contributed by atoms with E-state index in [4.69, 9.17) is 4.74 Å². The fraction of sp³-hybridized carbons (Fsp3) is 0.450. The van der Waals surface area contributed by atoms with Gasteiger partial charge in [0.15, 0.2) is 5.78 Å². The van der Waals surface area contributed by atoms with E-state index >= 15 is 0 Å². The Labute approximate surface area is 142 Å². The Balaban J connectivity index is 3.30. The molecule has 3 heteroatoms. The number of allylic oxidation sites excluding steroid dienone is 1. The maximum absolute atomic E-state index is 13.0. The number of hydrogen-bond acceptors (Lipinski definition) is 2. The van der Waals surface area contributed by atoms with Crippen LogP contribution < -0.4 is 0 Å². The zero-order valence-electron chi connectivity index (χ0n) is 15.3. The van der Waals surface area contributed by atoms with E-state index in [0.717, 1.165) is 5.57 Å². The minimum absolute atomic E-state index is 0.0203. The van der Waals surface area contributed by atoms with Crippen molar-refractivity contribution in [3.63, 3.8) is 0 Å². The fourth-order valence-corrected chi connectivity index (χ4v) is 3.75. The highest BCUT2D eigenvalue weighted by Crippen LogP contribution is 2.25. The van der Waals surface area contributed by atoms with E-state index in [1.807, 2.05) is 57.2 Å². The Bertz CT molecular complexity index is 560. The fourth-order valence-electron chi connectivity index (χ4n) is 2.37. The number of hydrogen-bond donors (Lipinski definition) is 0. The molecule has 0 aliphatic rings. The number of ketones is 1. The van der Waals surface area contributed by atoms with Crippen molar-refractivity contribution in [3.8, 4) is 0 Å². The van der Waals surface area contributed by atoms with E-state index in [1.54, 1.807) is 0 Å². The van der Waals surface area contributed by atoms with Gasteiger partial charge in [-0.15, -0.1) is 6.58 Å². The first-order valence-corrected chi connectivity index (χ1v) is 11.7. The average molecular weight is 331 g/mol. The summed E-state index contributed by atoms with van der Waals surface area (Å²) < 4.78 is 6.17. The van der Waals surface area contributed by atoms with Gasteiger partial charge in [-0.2, -0.15) is 0 Å². The number of Topliss-reactive ketones (excluding diaryl/α,β-unsaturated/α-hetero) is 1. The predicted octanol–water partition coefficient (Wildman–Crippen LogP) is 5.43. The molecule has 0 bridgehead atoms. The third-order valence-electron chi connectivity index (χ3n) is 3.10. The quantitative estimate of drug-likeness (QED) is 0.378. The van der Waals surface area contributed by atoms with E-state index in [-0.39, 0.29) is 5.78 Å². The zero-order valence-corrected chi connectivity index (χ0v) is 16.3. The van der Waals surface area contributed by atoms with Crippen molar-refractivity contribution in [1.29, 1.82) is 0 Å². The van der Waals surface area contributed by atoms with Gasteiger partial charge in [-0.25, -0.2) is 0 Å². The van der Waals surface area contributed by atoms with Crippen molar-refractivity contribution in [1.82, 2.24) is 0 Å². The molecule has 1 unspecified atom stereocenters. The van der Waals surface area contributed by atoms with Gasteiger partial charge in [-0.3, -0.25) is 4.79 Å². The number of carbonyl (C=O) groups is 1. The first-order valence-electron chi connectivity index (χ1n) is 8.13. The highest BCUT2D eigenvalue weighted by Gasteiger charge is 2.30. The molecule has 23 heavy (non-hydrogen) atoms. The van der Waals surface area contributed by atoms with Crippen molar-refractivity contribution in [2.45, 2.75) is 58.5 Å². The SMILES string of the molecule is C=CC/C(=C\[Si](C)(C)C)C(OC(C)(C)C)C(=O)c1ccccc1. The molecule has 1 atom stereocenters. The Kier molecular flexibility index (Phi) is 6.72. The van der Waals surface area contributed by atoms with Gasteiger partial charge in [-0.05, 0) is 32.8 Å². The molecule has 0 saturated heterocycles. The third kappa shape index (κ3) is 7.10. The molecule has 0 saturated carbocycles. The average Bonchev–Trinajstić information content (AvgIpc) is 2.42. The van der Waals surface area contributed by atoms with E-state index in [0.29, 0.717) is 12.0 Å². The molecule has 1 rings (SSSR count). The minimum atomic E-state index is -1.48. The molecule has 1 aromatic carbocycles. The van der Waals surface area contributed by atoms with E-state index < -0.39 is 19.8 Å². The summed E-state index contributed by atoms with van der Waals surface area (Å²) in [4.78, 5) is 13.0. The van der Waals surface area contributed by atoms with Crippen molar-refractivity contribution in [2.24, 2.45) is 0 Å². The monoisotopic (exact) mass is 330 g/mol. The number of carbonyl (C=O) groups excluding carboxylic acids is 1. The van der Waals surface area contributed by atoms with Gasteiger partial charge in [0.1, 0.15) is 6.10 Å². The molecule has 0 heterocycles. The van der Waals surface area contributed by atoms with Crippen LogP contribution in [0, 0.1) is 0 Å². The van der Waals surface area contributed by atoms with Crippen LogP contribution in [0.4, 0.5) is 0 Å². The summed E-state index contributed by atoms with van der Waals surface area (Å²) in [6, 6.07) is 9.38. The van der Waals surface area contributed by atoms with Crippen LogP contribution in [0.25, 0.3) is 0 Å². The second kappa shape index (κ2) is 7.89. The smallest absolute Gasteiger partial charge is 0.195 e. The van der Waals surface area contributed by atoms with Crippen LogP contribution in [0.2, 0.25) is 19.6 Å². The predicted molar refractivity (Wildman–Crippen MR) is 102 cm³/mol. The van der Waals surface area contributed by atoms with Gasteiger partial charge in [0, 0.05) is 5.56 Å². The van der Waals surface area contributed by atoms with Crippen LogP contribution >= 0.6 is 0 Å². The first-order chi connectivity index (χ1) is 10.5. The largest absolute Gasteiger partial charge is 0.360 e. The molecule has 126 valence electrons. The lowest BCUT2D eigenvalue weighted by atomic mass is 9.97. The summed E-state index contributed by atoms with van der Waals surface area (Å²) in [6.07, 6.45) is 1.97. The summed E-state index contributed by atoms with van der Waals surface area (Å²) in [5, 5.41) is 0. The molecule has 0 amide bonds. The molecule has 0 aliphatic heterocycles. The molecule has 0 radical (unpaired) electrons. The van der Waals surface area contributed by atoms with Crippen LogP contribution in [0.15, 0.2) is 54.3 Å². The summed E-state index contributed by atoms with van der Waals surface area (Å²) in [6.45, 7) is 16.6. The van der Waals surface area contributed by atoms with Gasteiger partial charge in [0.05, 0.1) is 13.7 Å². The summed E-state index contributed by atoms with van der Waals surface area (Å²) in [5.74, 6) is 0.0203. The second-order valence-electron chi connectivity index (χ2n) is 7.92. The lowest BCUT2D eigenvalue weighted by Gasteiger charge is -2.29. The molecule has 2 nitrogen and oxygen atoms in total. The van der Waals surface area contributed by atoms with Crippen LogP contribution in [0.5, 0.6) is 0 Å². The van der Waals surface area contributed by atoms with Crippen molar-refractivity contribution in [3.05, 3.63) is 59.8 Å². The van der Waals surface area contributed by atoms with Gasteiger partial charge < -0.3 is 4.74 Å².